The van der Waals surface area contributed by atoms with Crippen molar-refractivity contribution in [2.75, 3.05) is 19.6 Å². The zero-order valence-electron chi connectivity index (χ0n) is 10.7. The Kier molecular flexibility index (Phi) is 4.47. The third kappa shape index (κ3) is 3.17. The molecule has 0 aromatic rings. The van der Waals surface area contributed by atoms with Crippen LogP contribution in [0.5, 0.6) is 0 Å². The molecule has 1 aliphatic heterocycles. The van der Waals surface area contributed by atoms with Gasteiger partial charge in [-0.3, -0.25) is 19.9 Å². The number of piperazine rings is 1. The largest absolute Gasteiger partial charge is 0.353 e. The summed E-state index contributed by atoms with van der Waals surface area (Å²) < 4.78 is 0. The molecule has 0 radical (unpaired) electrons. The number of nitrogens with two attached hydrogens (primary N) is 1. The standard InChI is InChI=1S/C11H22N4O2/c1-4-8-9(16)13-5-6-15(8)7-11(2,3)10(17)14-12/h8H,4-7,12H2,1-3H3,(H,13,16)(H,14,17). The van der Waals surface area contributed by atoms with Crippen LogP contribution in [0.2, 0.25) is 0 Å². The van der Waals surface area contributed by atoms with E-state index in [2.05, 4.69) is 10.7 Å². The van der Waals surface area contributed by atoms with Crippen LogP contribution in [0.1, 0.15) is 27.2 Å². The fourth-order valence-corrected chi connectivity index (χ4v) is 2.17. The van der Waals surface area contributed by atoms with E-state index in [1.807, 2.05) is 25.7 Å². The minimum absolute atomic E-state index is 0.0442. The van der Waals surface area contributed by atoms with Crippen LogP contribution in [0, 0.1) is 5.41 Å². The maximum Gasteiger partial charge on any atom is 0.240 e. The summed E-state index contributed by atoms with van der Waals surface area (Å²) in [4.78, 5) is 25.4. The normalized spacial score (nSPS) is 22.1. The number of hydrogen-bond donors (Lipinski definition) is 3. The Balaban J connectivity index is 2.71. The van der Waals surface area contributed by atoms with Crippen LogP contribution < -0.4 is 16.6 Å². The summed E-state index contributed by atoms with van der Waals surface area (Å²) in [6.07, 6.45) is 0.742. The highest BCUT2D eigenvalue weighted by Gasteiger charge is 2.35. The molecule has 1 unspecified atom stereocenters. The fourth-order valence-electron chi connectivity index (χ4n) is 2.17. The second-order valence-corrected chi connectivity index (χ2v) is 5.04. The average molecular weight is 242 g/mol. The van der Waals surface area contributed by atoms with Gasteiger partial charge in [0.05, 0.1) is 11.5 Å². The minimum atomic E-state index is -0.597. The maximum absolute atomic E-state index is 11.7. The van der Waals surface area contributed by atoms with Crippen LogP contribution in [-0.2, 0) is 9.59 Å². The van der Waals surface area contributed by atoms with Gasteiger partial charge in [-0.25, -0.2) is 5.84 Å². The van der Waals surface area contributed by atoms with Gasteiger partial charge >= 0.3 is 0 Å². The van der Waals surface area contributed by atoms with E-state index in [0.29, 0.717) is 13.1 Å². The van der Waals surface area contributed by atoms with Crippen molar-refractivity contribution in [2.45, 2.75) is 33.2 Å². The van der Waals surface area contributed by atoms with Gasteiger partial charge < -0.3 is 5.32 Å². The second kappa shape index (κ2) is 5.46. The van der Waals surface area contributed by atoms with Crippen molar-refractivity contribution in [2.24, 2.45) is 11.3 Å². The second-order valence-electron chi connectivity index (χ2n) is 5.04. The molecule has 0 bridgehead atoms. The molecule has 0 aliphatic carbocycles. The molecule has 1 atom stereocenters. The molecule has 0 spiro atoms. The molecule has 98 valence electrons. The Bertz CT molecular complexity index is 304. The molecule has 6 heteroatoms. The van der Waals surface area contributed by atoms with E-state index in [4.69, 9.17) is 5.84 Å². The molecule has 6 nitrogen and oxygen atoms in total. The topological polar surface area (TPSA) is 87.5 Å². The van der Waals surface area contributed by atoms with Crippen molar-refractivity contribution < 1.29 is 9.59 Å². The lowest BCUT2D eigenvalue weighted by atomic mass is 9.90. The van der Waals surface area contributed by atoms with Gasteiger partial charge in [0.1, 0.15) is 0 Å². The summed E-state index contributed by atoms with van der Waals surface area (Å²) in [6.45, 7) is 7.56. The van der Waals surface area contributed by atoms with Crippen molar-refractivity contribution in [3.8, 4) is 0 Å². The number of amides is 2. The third-order valence-corrected chi connectivity index (χ3v) is 3.17. The van der Waals surface area contributed by atoms with Gasteiger partial charge in [-0.2, -0.15) is 0 Å². The van der Waals surface area contributed by atoms with E-state index in [1.54, 1.807) is 0 Å². The van der Waals surface area contributed by atoms with Gasteiger partial charge in [-0.1, -0.05) is 6.92 Å². The van der Waals surface area contributed by atoms with Gasteiger partial charge in [-0.05, 0) is 20.3 Å². The molecule has 1 fully saturated rings. The molecule has 1 saturated heterocycles. The van der Waals surface area contributed by atoms with Crippen LogP contribution in [0.3, 0.4) is 0 Å². The summed E-state index contributed by atoms with van der Waals surface area (Å²) in [5.74, 6) is 4.99. The van der Waals surface area contributed by atoms with E-state index in [-0.39, 0.29) is 17.9 Å². The minimum Gasteiger partial charge on any atom is -0.353 e. The lowest BCUT2D eigenvalue weighted by Gasteiger charge is -2.38. The van der Waals surface area contributed by atoms with Gasteiger partial charge in [0.15, 0.2) is 0 Å². The molecular weight excluding hydrogens is 220 g/mol. The SMILES string of the molecule is CCC1C(=O)NCCN1CC(C)(C)C(=O)NN. The first kappa shape index (κ1) is 13.9. The first-order valence-corrected chi connectivity index (χ1v) is 5.95. The van der Waals surface area contributed by atoms with Gasteiger partial charge in [0.2, 0.25) is 11.8 Å². The van der Waals surface area contributed by atoms with Gasteiger partial charge in [0.25, 0.3) is 0 Å². The van der Waals surface area contributed by atoms with Crippen LogP contribution in [0.4, 0.5) is 0 Å². The zero-order chi connectivity index (χ0) is 13.1. The smallest absolute Gasteiger partial charge is 0.240 e. The lowest BCUT2D eigenvalue weighted by Crippen LogP contribution is -2.58. The van der Waals surface area contributed by atoms with E-state index in [0.717, 1.165) is 13.0 Å². The molecule has 0 saturated carbocycles. The van der Waals surface area contributed by atoms with Crippen LogP contribution in [-0.4, -0.2) is 42.4 Å². The number of carbonyl (C=O) groups is 2. The molecule has 0 aromatic heterocycles. The summed E-state index contributed by atoms with van der Waals surface area (Å²) in [6, 6.07) is -0.145. The molecule has 4 N–H and O–H groups in total. The number of hydrogen-bond acceptors (Lipinski definition) is 4. The monoisotopic (exact) mass is 242 g/mol. The van der Waals surface area contributed by atoms with E-state index in [9.17, 15) is 9.59 Å². The molecule has 1 aliphatic rings. The third-order valence-electron chi connectivity index (χ3n) is 3.17. The Morgan fingerprint density at radius 2 is 2.29 bits per heavy atom. The van der Waals surface area contributed by atoms with E-state index in [1.165, 1.54) is 0 Å². The molecule has 0 aromatic carbocycles. The molecule has 1 rings (SSSR count). The highest BCUT2D eigenvalue weighted by molar-refractivity contribution is 5.83. The first-order valence-electron chi connectivity index (χ1n) is 5.95. The summed E-state index contributed by atoms with van der Waals surface area (Å²) in [5.41, 5.74) is 1.58. The number of nitrogens with one attached hydrogen (secondary N) is 2. The van der Waals surface area contributed by atoms with Crippen molar-refractivity contribution in [3.05, 3.63) is 0 Å². The Labute approximate surface area is 102 Å². The van der Waals surface area contributed by atoms with Gasteiger partial charge in [0, 0.05) is 19.6 Å². The highest BCUT2D eigenvalue weighted by Crippen LogP contribution is 2.20. The van der Waals surface area contributed by atoms with Crippen molar-refractivity contribution in [3.63, 3.8) is 0 Å². The highest BCUT2D eigenvalue weighted by atomic mass is 16.2. The Hall–Kier alpha value is -1.14. The molecule has 2 amide bonds. The Morgan fingerprint density at radius 3 is 2.82 bits per heavy atom. The number of carbonyl (C=O) groups excluding carboxylic acids is 2. The van der Waals surface area contributed by atoms with E-state index >= 15 is 0 Å². The van der Waals surface area contributed by atoms with Crippen LogP contribution in [0.25, 0.3) is 0 Å². The van der Waals surface area contributed by atoms with Crippen molar-refractivity contribution >= 4 is 11.8 Å². The maximum atomic E-state index is 11.7. The molecule has 1 heterocycles. The first-order chi connectivity index (χ1) is 7.92. The summed E-state index contributed by atoms with van der Waals surface area (Å²) >= 11 is 0. The quantitative estimate of drug-likeness (QED) is 0.342. The van der Waals surface area contributed by atoms with Crippen LogP contribution >= 0.6 is 0 Å². The zero-order valence-corrected chi connectivity index (χ0v) is 10.7. The lowest BCUT2D eigenvalue weighted by molar-refractivity contribution is -0.135. The summed E-state index contributed by atoms with van der Waals surface area (Å²) in [5, 5.41) is 2.84. The predicted molar refractivity (Wildman–Crippen MR) is 64.8 cm³/mol. The number of nitrogens with zero attached hydrogens (tertiary/aromatic N) is 1. The predicted octanol–water partition coefficient (Wildman–Crippen LogP) is -0.787. The molecule has 17 heavy (non-hydrogen) atoms. The number of hydrazine groups is 1. The average Bonchev–Trinajstić information content (AvgIpc) is 2.27. The molecular formula is C11H22N4O2. The van der Waals surface area contributed by atoms with Crippen molar-refractivity contribution in [1.82, 2.24) is 15.6 Å². The van der Waals surface area contributed by atoms with E-state index < -0.39 is 5.41 Å². The Morgan fingerprint density at radius 1 is 1.65 bits per heavy atom. The van der Waals surface area contributed by atoms with Crippen LogP contribution in [0.15, 0.2) is 0 Å². The number of rotatable bonds is 4. The summed E-state index contributed by atoms with van der Waals surface area (Å²) in [7, 11) is 0. The fraction of sp³-hybridized carbons (Fsp3) is 0.818. The van der Waals surface area contributed by atoms with Crippen molar-refractivity contribution in [1.29, 1.82) is 0 Å². The van der Waals surface area contributed by atoms with Gasteiger partial charge in [-0.15, -0.1) is 0 Å².